The van der Waals surface area contributed by atoms with Crippen molar-refractivity contribution in [3.05, 3.63) is 110 Å². The van der Waals surface area contributed by atoms with Gasteiger partial charge in [0, 0.05) is 22.2 Å². The Balaban J connectivity index is 1.48. The maximum absolute atomic E-state index is 12.7. The van der Waals surface area contributed by atoms with E-state index in [4.69, 9.17) is 37.1 Å². The number of nitrogens with one attached hydrogen (secondary N) is 1. The molecule has 0 aliphatic rings. The maximum Gasteiger partial charge on any atom is 0.291 e. The highest BCUT2D eigenvalue weighted by Crippen LogP contribution is 2.32. The lowest BCUT2D eigenvalue weighted by atomic mass is 10.2. The van der Waals surface area contributed by atoms with Crippen molar-refractivity contribution in [3.8, 4) is 17.2 Å². The topological polar surface area (TPSA) is 104 Å². The number of rotatable bonds is 8. The van der Waals surface area contributed by atoms with Crippen LogP contribution in [0.3, 0.4) is 0 Å². The van der Waals surface area contributed by atoms with Crippen LogP contribution >= 0.6 is 23.2 Å². The summed E-state index contributed by atoms with van der Waals surface area (Å²) >= 11 is 11.9. The average molecular weight is 527 g/mol. The van der Waals surface area contributed by atoms with Crippen molar-refractivity contribution in [1.82, 2.24) is 0 Å². The van der Waals surface area contributed by atoms with Crippen LogP contribution in [0.15, 0.2) is 71.1 Å². The normalized spacial score (nSPS) is 10.7. The molecule has 4 rings (SSSR count). The van der Waals surface area contributed by atoms with Crippen LogP contribution in [0.25, 0.3) is 0 Å². The molecule has 0 aliphatic heterocycles. The molecular weight excluding hydrogens is 507 g/mol. The molecule has 1 heterocycles. The van der Waals surface area contributed by atoms with Crippen LogP contribution in [0.4, 0.5) is 11.4 Å². The van der Waals surface area contributed by atoms with E-state index in [9.17, 15) is 14.9 Å². The van der Waals surface area contributed by atoms with Crippen molar-refractivity contribution in [3.63, 3.8) is 0 Å². The largest absolute Gasteiger partial charge is 0.485 e. The number of carbonyl (C=O) groups is 1. The van der Waals surface area contributed by atoms with Gasteiger partial charge in [0.1, 0.15) is 29.6 Å². The van der Waals surface area contributed by atoms with Gasteiger partial charge in [0.15, 0.2) is 5.76 Å². The Kier molecular flexibility index (Phi) is 7.47. The highest BCUT2D eigenvalue weighted by atomic mass is 35.5. The Bertz CT molecular complexity index is 1450. The van der Waals surface area contributed by atoms with Gasteiger partial charge in [-0.2, -0.15) is 0 Å². The Morgan fingerprint density at radius 3 is 2.25 bits per heavy atom. The van der Waals surface area contributed by atoms with Gasteiger partial charge in [-0.15, -0.1) is 0 Å². The Morgan fingerprint density at radius 1 is 0.944 bits per heavy atom. The number of carbonyl (C=O) groups excluding carboxylic acids is 1. The van der Waals surface area contributed by atoms with Gasteiger partial charge in [-0.3, -0.25) is 14.9 Å². The minimum atomic E-state index is -0.585. The van der Waals surface area contributed by atoms with Gasteiger partial charge in [-0.1, -0.05) is 23.2 Å². The lowest BCUT2D eigenvalue weighted by Crippen LogP contribution is -2.11. The molecule has 0 radical (unpaired) electrons. The van der Waals surface area contributed by atoms with Crippen LogP contribution in [-0.4, -0.2) is 10.8 Å². The molecule has 0 fully saturated rings. The predicted octanol–water partition coefficient (Wildman–Crippen LogP) is 7.74. The van der Waals surface area contributed by atoms with Gasteiger partial charge in [0.25, 0.3) is 11.6 Å². The number of hydrogen-bond donors (Lipinski definition) is 1. The number of anilines is 1. The maximum atomic E-state index is 12.7. The van der Waals surface area contributed by atoms with Gasteiger partial charge < -0.3 is 19.2 Å². The molecule has 10 heteroatoms. The van der Waals surface area contributed by atoms with E-state index in [1.807, 2.05) is 6.92 Å². The summed E-state index contributed by atoms with van der Waals surface area (Å²) in [4.78, 5) is 23.6. The molecule has 184 valence electrons. The number of non-ortho nitro benzene ring substituents is 1. The average Bonchev–Trinajstić information content (AvgIpc) is 3.29. The van der Waals surface area contributed by atoms with Gasteiger partial charge in [0.2, 0.25) is 0 Å². The third kappa shape index (κ3) is 6.16. The summed E-state index contributed by atoms with van der Waals surface area (Å²) in [5.74, 6) is 1.15. The van der Waals surface area contributed by atoms with Crippen molar-refractivity contribution < 1.29 is 23.6 Å². The highest BCUT2D eigenvalue weighted by molar-refractivity contribution is 6.31. The summed E-state index contributed by atoms with van der Waals surface area (Å²) in [5, 5.41) is 15.2. The second kappa shape index (κ2) is 10.7. The molecule has 3 aromatic carbocycles. The molecule has 1 aromatic heterocycles. The monoisotopic (exact) mass is 526 g/mol. The van der Waals surface area contributed by atoms with E-state index in [2.05, 4.69) is 5.32 Å². The number of aryl methyl sites for hydroxylation is 2. The summed E-state index contributed by atoms with van der Waals surface area (Å²) in [7, 11) is 0. The Morgan fingerprint density at radius 2 is 1.61 bits per heavy atom. The fourth-order valence-corrected chi connectivity index (χ4v) is 3.82. The molecule has 0 atom stereocenters. The van der Waals surface area contributed by atoms with E-state index in [0.29, 0.717) is 27.3 Å². The highest BCUT2D eigenvalue weighted by Gasteiger charge is 2.17. The molecule has 8 nitrogen and oxygen atoms in total. The van der Waals surface area contributed by atoms with E-state index < -0.39 is 10.8 Å². The second-order valence-corrected chi connectivity index (χ2v) is 8.78. The first-order valence-corrected chi connectivity index (χ1v) is 11.5. The van der Waals surface area contributed by atoms with Crippen molar-refractivity contribution >= 4 is 40.5 Å². The summed E-state index contributed by atoms with van der Waals surface area (Å²) < 4.78 is 17.1. The fraction of sp³-hybridized carbons (Fsp3) is 0.115. The zero-order valence-electron chi connectivity index (χ0n) is 19.2. The minimum absolute atomic E-state index is 0.0175. The van der Waals surface area contributed by atoms with Crippen LogP contribution in [-0.2, 0) is 6.61 Å². The molecule has 0 unspecified atom stereocenters. The third-order valence-corrected chi connectivity index (χ3v) is 5.59. The van der Waals surface area contributed by atoms with E-state index in [0.717, 1.165) is 11.1 Å². The summed E-state index contributed by atoms with van der Waals surface area (Å²) in [5.41, 5.74) is 1.53. The van der Waals surface area contributed by atoms with Crippen molar-refractivity contribution in [2.45, 2.75) is 20.5 Å². The van der Waals surface area contributed by atoms with Crippen molar-refractivity contribution in [2.24, 2.45) is 0 Å². The van der Waals surface area contributed by atoms with Gasteiger partial charge in [0.05, 0.1) is 16.7 Å². The number of nitrogens with zero attached hydrogens (tertiary/aromatic N) is 1. The molecule has 0 spiro atoms. The SMILES string of the molecule is Cc1cc(Cl)ccc1OCc1ccc(C(=O)Nc2cc(Oc3ccc(Cl)cc3C)cc([N+](=O)[O-])c2)o1. The molecule has 1 N–H and O–H groups in total. The van der Waals surface area contributed by atoms with Crippen LogP contribution < -0.4 is 14.8 Å². The molecule has 0 saturated carbocycles. The van der Waals surface area contributed by atoms with E-state index in [1.54, 1.807) is 49.4 Å². The molecule has 4 aromatic rings. The first-order valence-electron chi connectivity index (χ1n) is 10.7. The molecule has 0 aliphatic carbocycles. The lowest BCUT2D eigenvalue weighted by molar-refractivity contribution is -0.384. The smallest absolute Gasteiger partial charge is 0.291 e. The van der Waals surface area contributed by atoms with E-state index in [-0.39, 0.29) is 29.5 Å². The second-order valence-electron chi connectivity index (χ2n) is 7.90. The zero-order valence-corrected chi connectivity index (χ0v) is 20.7. The minimum Gasteiger partial charge on any atom is -0.485 e. The fourth-order valence-electron chi connectivity index (χ4n) is 3.37. The number of hydrogen-bond acceptors (Lipinski definition) is 6. The number of nitro benzene ring substituents is 1. The molecule has 0 bridgehead atoms. The number of nitro groups is 1. The Labute approximate surface area is 216 Å². The van der Waals surface area contributed by atoms with Crippen LogP contribution in [0.1, 0.15) is 27.4 Å². The van der Waals surface area contributed by atoms with Crippen LogP contribution in [0.2, 0.25) is 10.0 Å². The van der Waals surface area contributed by atoms with E-state index >= 15 is 0 Å². The summed E-state index contributed by atoms with van der Waals surface area (Å²) in [6, 6.07) is 17.4. The quantitative estimate of drug-likeness (QED) is 0.186. The number of amides is 1. The van der Waals surface area contributed by atoms with Crippen LogP contribution in [0, 0.1) is 24.0 Å². The molecule has 1 amide bonds. The number of furan rings is 1. The standard InChI is InChI=1S/C26H20Cl2N2O6/c1-15-9-17(27)3-6-23(15)34-14-21-5-8-25(35-21)26(31)29-19-11-20(30(32)33)13-22(12-19)36-24-7-4-18(28)10-16(24)2/h3-13H,14H2,1-2H3,(H,29,31). The van der Waals surface area contributed by atoms with Crippen molar-refractivity contribution in [2.75, 3.05) is 5.32 Å². The number of halogens is 2. The first-order chi connectivity index (χ1) is 17.2. The predicted molar refractivity (Wildman–Crippen MR) is 137 cm³/mol. The van der Waals surface area contributed by atoms with Gasteiger partial charge in [-0.25, -0.2) is 0 Å². The first kappa shape index (κ1) is 25.1. The Hall–Kier alpha value is -4.01. The van der Waals surface area contributed by atoms with Crippen LogP contribution in [0.5, 0.6) is 17.2 Å². The van der Waals surface area contributed by atoms with Gasteiger partial charge >= 0.3 is 0 Å². The lowest BCUT2D eigenvalue weighted by Gasteiger charge is -2.11. The zero-order chi connectivity index (χ0) is 25.8. The van der Waals surface area contributed by atoms with Crippen molar-refractivity contribution in [1.29, 1.82) is 0 Å². The number of ether oxygens (including phenoxy) is 2. The number of benzene rings is 3. The summed E-state index contributed by atoms with van der Waals surface area (Å²) in [6.07, 6.45) is 0. The molecule has 36 heavy (non-hydrogen) atoms. The van der Waals surface area contributed by atoms with E-state index in [1.165, 1.54) is 24.3 Å². The van der Waals surface area contributed by atoms with Gasteiger partial charge in [-0.05, 0) is 73.5 Å². The third-order valence-electron chi connectivity index (χ3n) is 5.12. The summed E-state index contributed by atoms with van der Waals surface area (Å²) in [6.45, 7) is 3.77. The molecule has 0 saturated heterocycles. The molecular formula is C26H20Cl2N2O6.